The molecule has 3 aliphatic rings. The molecule has 0 aromatic heterocycles. The summed E-state index contributed by atoms with van der Waals surface area (Å²) in [6.07, 6.45) is 12.7. The van der Waals surface area contributed by atoms with E-state index in [1.165, 1.54) is 64.3 Å². The Morgan fingerprint density at radius 2 is 1.89 bits per heavy atom. The fraction of sp³-hybridized carbons (Fsp3) is 1.00. The summed E-state index contributed by atoms with van der Waals surface area (Å²) in [6, 6.07) is 2.40. The molecule has 1 heterocycles. The van der Waals surface area contributed by atoms with Crippen LogP contribution in [0.25, 0.3) is 0 Å². The van der Waals surface area contributed by atoms with Crippen LogP contribution in [0, 0.1) is 11.3 Å². The van der Waals surface area contributed by atoms with E-state index in [9.17, 15) is 0 Å². The van der Waals surface area contributed by atoms with E-state index < -0.39 is 0 Å². The Morgan fingerprint density at radius 1 is 1.00 bits per heavy atom. The first-order valence-electron chi connectivity index (χ1n) is 8.63. The van der Waals surface area contributed by atoms with Crippen LogP contribution in [0.1, 0.15) is 71.6 Å². The van der Waals surface area contributed by atoms with E-state index in [0.29, 0.717) is 5.41 Å². The summed E-state index contributed by atoms with van der Waals surface area (Å²) in [5.74, 6) is 0.910. The van der Waals surface area contributed by atoms with E-state index in [2.05, 4.69) is 24.5 Å². The Balaban J connectivity index is 1.56. The van der Waals surface area contributed by atoms with Gasteiger partial charge in [0, 0.05) is 18.1 Å². The van der Waals surface area contributed by atoms with Crippen molar-refractivity contribution in [2.45, 2.75) is 89.8 Å². The van der Waals surface area contributed by atoms with Crippen LogP contribution in [-0.4, -0.2) is 24.7 Å². The molecular formula is C17H32N2. The van der Waals surface area contributed by atoms with Crippen LogP contribution >= 0.6 is 0 Å². The molecule has 0 radical (unpaired) electrons. The smallest absolute Gasteiger partial charge is 0.0113 e. The van der Waals surface area contributed by atoms with Crippen molar-refractivity contribution in [2.75, 3.05) is 6.54 Å². The van der Waals surface area contributed by atoms with E-state index >= 15 is 0 Å². The van der Waals surface area contributed by atoms with Crippen LogP contribution in [0.5, 0.6) is 0 Å². The van der Waals surface area contributed by atoms with Gasteiger partial charge in [-0.2, -0.15) is 0 Å². The second kappa shape index (κ2) is 5.73. The third kappa shape index (κ3) is 3.33. The van der Waals surface area contributed by atoms with Crippen LogP contribution in [0.15, 0.2) is 0 Å². The minimum Gasteiger partial charge on any atom is -0.314 e. The fourth-order valence-corrected chi connectivity index (χ4v) is 4.90. The summed E-state index contributed by atoms with van der Waals surface area (Å²) in [7, 11) is 0. The lowest BCUT2D eigenvalue weighted by Gasteiger charge is -2.38. The first-order chi connectivity index (χ1) is 9.14. The lowest BCUT2D eigenvalue weighted by atomic mass is 9.75. The normalized spacial score (nSPS) is 42.6. The molecule has 110 valence electrons. The van der Waals surface area contributed by atoms with Crippen molar-refractivity contribution >= 4 is 0 Å². The Kier molecular flexibility index (Phi) is 4.19. The third-order valence-electron chi connectivity index (χ3n) is 5.84. The van der Waals surface area contributed by atoms with Gasteiger partial charge in [-0.25, -0.2) is 0 Å². The molecule has 2 nitrogen and oxygen atoms in total. The molecule has 2 heteroatoms. The zero-order chi connectivity index (χ0) is 13.3. The zero-order valence-electron chi connectivity index (χ0n) is 12.9. The maximum absolute atomic E-state index is 4.06. The average molecular weight is 264 g/mol. The van der Waals surface area contributed by atoms with Crippen LogP contribution in [0.2, 0.25) is 0 Å². The van der Waals surface area contributed by atoms with Crippen molar-refractivity contribution in [2.24, 2.45) is 11.3 Å². The van der Waals surface area contributed by atoms with Crippen molar-refractivity contribution in [1.29, 1.82) is 0 Å². The van der Waals surface area contributed by atoms with Crippen molar-refractivity contribution in [3.05, 3.63) is 0 Å². The molecule has 2 aliphatic carbocycles. The quantitative estimate of drug-likeness (QED) is 0.815. The minimum absolute atomic E-state index is 0.565. The lowest BCUT2D eigenvalue weighted by molar-refractivity contribution is 0.176. The highest BCUT2D eigenvalue weighted by Gasteiger charge is 2.37. The van der Waals surface area contributed by atoms with E-state index in [1.807, 2.05) is 0 Å². The maximum atomic E-state index is 4.06. The standard InChI is InChI=1S/C17H32N2/c1-17(2)10-4-6-13(12-17)19-16-8-3-7-14(16)15-9-5-11-18-15/h13-16,18-19H,3-12H2,1-2H3. The summed E-state index contributed by atoms with van der Waals surface area (Å²) in [5, 5.41) is 7.80. The molecule has 1 saturated heterocycles. The Labute approximate surface area is 119 Å². The fourth-order valence-electron chi connectivity index (χ4n) is 4.90. The second-order valence-electron chi connectivity index (χ2n) is 8.03. The molecule has 0 aromatic carbocycles. The molecule has 2 N–H and O–H groups in total. The predicted octanol–water partition coefficient (Wildman–Crippen LogP) is 3.47. The minimum atomic E-state index is 0.565. The molecule has 19 heavy (non-hydrogen) atoms. The summed E-state index contributed by atoms with van der Waals surface area (Å²) >= 11 is 0. The van der Waals surface area contributed by atoms with Gasteiger partial charge in [0.2, 0.25) is 0 Å². The van der Waals surface area contributed by atoms with Gasteiger partial charge in [-0.05, 0) is 62.8 Å². The molecular weight excluding hydrogens is 232 g/mol. The number of hydrogen-bond donors (Lipinski definition) is 2. The molecule has 4 unspecified atom stereocenters. The van der Waals surface area contributed by atoms with Gasteiger partial charge in [-0.1, -0.05) is 26.7 Å². The number of hydrogen-bond acceptors (Lipinski definition) is 2. The van der Waals surface area contributed by atoms with Crippen molar-refractivity contribution in [3.63, 3.8) is 0 Å². The second-order valence-corrected chi connectivity index (χ2v) is 8.03. The van der Waals surface area contributed by atoms with Crippen molar-refractivity contribution < 1.29 is 0 Å². The van der Waals surface area contributed by atoms with Gasteiger partial charge in [-0.15, -0.1) is 0 Å². The number of rotatable bonds is 3. The molecule has 3 rings (SSSR count). The highest BCUT2D eigenvalue weighted by atomic mass is 15.0. The van der Waals surface area contributed by atoms with Gasteiger partial charge in [0.25, 0.3) is 0 Å². The topological polar surface area (TPSA) is 24.1 Å². The summed E-state index contributed by atoms with van der Waals surface area (Å²) < 4.78 is 0. The van der Waals surface area contributed by atoms with Crippen molar-refractivity contribution in [3.8, 4) is 0 Å². The van der Waals surface area contributed by atoms with Gasteiger partial charge in [0.05, 0.1) is 0 Å². The molecule has 4 atom stereocenters. The van der Waals surface area contributed by atoms with Crippen LogP contribution in [0.4, 0.5) is 0 Å². The van der Waals surface area contributed by atoms with E-state index in [1.54, 1.807) is 0 Å². The van der Waals surface area contributed by atoms with Gasteiger partial charge in [-0.3, -0.25) is 0 Å². The summed E-state index contributed by atoms with van der Waals surface area (Å²) in [4.78, 5) is 0. The zero-order valence-corrected chi connectivity index (χ0v) is 12.9. The highest BCUT2D eigenvalue weighted by molar-refractivity contribution is 4.95. The third-order valence-corrected chi connectivity index (χ3v) is 5.84. The molecule has 0 bridgehead atoms. The van der Waals surface area contributed by atoms with Gasteiger partial charge in [0.1, 0.15) is 0 Å². The van der Waals surface area contributed by atoms with Gasteiger partial charge >= 0.3 is 0 Å². The average Bonchev–Trinajstić information content (AvgIpc) is 2.96. The first-order valence-corrected chi connectivity index (χ1v) is 8.63. The first kappa shape index (κ1) is 13.9. The summed E-state index contributed by atoms with van der Waals surface area (Å²) in [5.41, 5.74) is 0.565. The predicted molar refractivity (Wildman–Crippen MR) is 81.3 cm³/mol. The van der Waals surface area contributed by atoms with Crippen molar-refractivity contribution in [1.82, 2.24) is 10.6 Å². The highest BCUT2D eigenvalue weighted by Crippen LogP contribution is 2.37. The lowest BCUT2D eigenvalue weighted by Crippen LogP contribution is -2.48. The van der Waals surface area contributed by atoms with E-state index in [-0.39, 0.29) is 0 Å². The van der Waals surface area contributed by atoms with Gasteiger partial charge in [0.15, 0.2) is 0 Å². The number of nitrogens with one attached hydrogen (secondary N) is 2. The SMILES string of the molecule is CC1(C)CCCC(NC2CCCC2C2CCCN2)C1. The molecule has 2 saturated carbocycles. The molecule has 0 aromatic rings. The Bertz CT molecular complexity index is 294. The van der Waals surface area contributed by atoms with Crippen LogP contribution < -0.4 is 10.6 Å². The monoisotopic (exact) mass is 264 g/mol. The Hall–Kier alpha value is -0.0800. The summed E-state index contributed by atoms with van der Waals surface area (Å²) in [6.45, 7) is 6.15. The van der Waals surface area contributed by atoms with Crippen LogP contribution in [0.3, 0.4) is 0 Å². The van der Waals surface area contributed by atoms with E-state index in [4.69, 9.17) is 0 Å². The molecule has 3 fully saturated rings. The largest absolute Gasteiger partial charge is 0.314 e. The van der Waals surface area contributed by atoms with Gasteiger partial charge < -0.3 is 10.6 Å². The Morgan fingerprint density at radius 3 is 2.63 bits per heavy atom. The van der Waals surface area contributed by atoms with Crippen LogP contribution in [-0.2, 0) is 0 Å². The molecule has 1 aliphatic heterocycles. The molecule has 0 spiro atoms. The maximum Gasteiger partial charge on any atom is 0.0113 e. The molecule has 0 amide bonds. The van der Waals surface area contributed by atoms with E-state index in [0.717, 1.165) is 24.0 Å².